The molecule has 4 fully saturated rings. The Morgan fingerprint density at radius 1 is 0.929 bits per heavy atom. The molecule has 4 heteroatoms. The molecule has 3 nitrogen and oxygen atoms in total. The summed E-state index contributed by atoms with van der Waals surface area (Å²) in [5.41, 5.74) is 2.32. The lowest BCUT2D eigenvalue weighted by molar-refractivity contribution is -0.127. The van der Waals surface area contributed by atoms with Crippen LogP contribution in [0.5, 0.6) is 0 Å². The predicted molar refractivity (Wildman–Crippen MR) is 181 cm³/mol. The molecule has 0 saturated heterocycles. The van der Waals surface area contributed by atoms with Gasteiger partial charge in [-0.1, -0.05) is 59.7 Å². The minimum absolute atomic E-state index is 0.222. The van der Waals surface area contributed by atoms with Crippen LogP contribution >= 0.6 is 0 Å². The number of benzene rings is 1. The van der Waals surface area contributed by atoms with Crippen molar-refractivity contribution in [3.05, 3.63) is 30.3 Å². The second kappa shape index (κ2) is 12.5. The summed E-state index contributed by atoms with van der Waals surface area (Å²) in [4.78, 5) is 2.38. The van der Waals surface area contributed by atoms with E-state index in [4.69, 9.17) is 4.43 Å². The van der Waals surface area contributed by atoms with Crippen molar-refractivity contribution >= 4 is 14.0 Å². The van der Waals surface area contributed by atoms with E-state index in [0.29, 0.717) is 22.0 Å². The molecule has 0 spiro atoms. The van der Waals surface area contributed by atoms with Gasteiger partial charge >= 0.3 is 0 Å². The number of hydrogen-bond donors (Lipinski definition) is 1. The van der Waals surface area contributed by atoms with Gasteiger partial charge in [0.2, 0.25) is 0 Å². The molecular weight excluding hydrogens is 531 g/mol. The smallest absolute Gasteiger partial charge is 0.192 e. The zero-order valence-electron chi connectivity index (χ0n) is 28.6. The fourth-order valence-electron chi connectivity index (χ4n) is 10.8. The molecule has 4 aliphatic rings. The van der Waals surface area contributed by atoms with Gasteiger partial charge in [-0.15, -0.1) is 0 Å². The van der Waals surface area contributed by atoms with Crippen LogP contribution in [-0.4, -0.2) is 39.2 Å². The van der Waals surface area contributed by atoms with Crippen LogP contribution in [-0.2, 0) is 4.43 Å². The van der Waals surface area contributed by atoms with Crippen LogP contribution in [0.2, 0.25) is 18.1 Å². The van der Waals surface area contributed by atoms with Gasteiger partial charge in [0.15, 0.2) is 8.32 Å². The Kier molecular flexibility index (Phi) is 9.69. The molecule has 0 aromatic heterocycles. The van der Waals surface area contributed by atoms with Crippen LogP contribution in [0.3, 0.4) is 0 Å². The van der Waals surface area contributed by atoms with E-state index in [-0.39, 0.29) is 6.61 Å². The first-order valence-corrected chi connectivity index (χ1v) is 20.8. The predicted octanol–water partition coefficient (Wildman–Crippen LogP) is 9.95. The van der Waals surface area contributed by atoms with Gasteiger partial charge in [0.05, 0.1) is 6.61 Å². The monoisotopic (exact) mass is 595 g/mol. The molecule has 9 atom stereocenters. The highest BCUT2D eigenvalue weighted by Gasteiger charge is 2.60. The van der Waals surface area contributed by atoms with Crippen molar-refractivity contribution in [2.75, 3.05) is 24.6 Å². The molecule has 0 radical (unpaired) electrons. The fourth-order valence-corrected chi connectivity index (χ4v) is 12.2. The molecule has 42 heavy (non-hydrogen) atoms. The quantitative estimate of drug-likeness (QED) is 0.273. The molecule has 0 aliphatic heterocycles. The molecule has 1 N–H and O–H groups in total. The maximum atomic E-state index is 9.67. The second-order valence-electron chi connectivity index (χ2n) is 17.3. The summed E-state index contributed by atoms with van der Waals surface area (Å²) >= 11 is 0. The molecule has 4 saturated carbocycles. The molecular formula is C38H65NO2Si. The molecule has 0 unspecified atom stereocenters. The Morgan fingerprint density at radius 3 is 2.31 bits per heavy atom. The van der Waals surface area contributed by atoms with Crippen molar-refractivity contribution < 1.29 is 9.53 Å². The van der Waals surface area contributed by atoms with Gasteiger partial charge in [0.25, 0.3) is 0 Å². The van der Waals surface area contributed by atoms with Crippen LogP contribution in [0.15, 0.2) is 30.3 Å². The average molecular weight is 596 g/mol. The Balaban J connectivity index is 1.19. The number of rotatable bonds is 10. The van der Waals surface area contributed by atoms with E-state index in [1.54, 1.807) is 0 Å². The Morgan fingerprint density at radius 2 is 1.62 bits per heavy atom. The van der Waals surface area contributed by atoms with Crippen LogP contribution in [0.25, 0.3) is 0 Å². The van der Waals surface area contributed by atoms with Crippen molar-refractivity contribution in [2.24, 2.45) is 46.3 Å². The van der Waals surface area contributed by atoms with E-state index in [1.165, 1.54) is 76.3 Å². The van der Waals surface area contributed by atoms with Gasteiger partial charge in [-0.3, -0.25) is 0 Å². The van der Waals surface area contributed by atoms with Crippen molar-refractivity contribution in [3.63, 3.8) is 0 Å². The molecule has 5 rings (SSSR count). The van der Waals surface area contributed by atoms with Crippen LogP contribution in [0.4, 0.5) is 5.69 Å². The van der Waals surface area contributed by atoms with E-state index in [2.05, 4.69) is 89.9 Å². The SMILES string of the molecule is C[C@H](CCCN(CCO)c1ccccc1)[C@H]1CC[C@H]2[C@@H]3CC[C@@H]4C[C@H](O[Si](C)(C)C(C)(C)C)CC[C@]4(C)[C@H]3CC[C@]12C. The summed E-state index contributed by atoms with van der Waals surface area (Å²) in [7, 11) is -1.71. The average Bonchev–Trinajstić information content (AvgIpc) is 3.30. The highest BCUT2D eigenvalue weighted by molar-refractivity contribution is 6.74. The summed E-state index contributed by atoms with van der Waals surface area (Å²) < 4.78 is 7.01. The fraction of sp³-hybridized carbons (Fsp3) is 0.842. The van der Waals surface area contributed by atoms with Crippen LogP contribution < -0.4 is 4.90 Å². The standard InChI is InChI=1S/C38H65NO2Si/c1-28(13-12-24-39(25-26-40)30-14-10-9-11-15-30)33-18-19-34-32-17-16-29-27-31(41-42(7,8)36(2,3)4)20-22-37(29,5)35(32)21-23-38(33,34)6/h9-11,14-15,28-29,31-35,40H,12-13,16-27H2,1-8H3/t28-,29-,31-,32+,33-,34+,35+,37+,38-/m1/s1. The van der Waals surface area contributed by atoms with Gasteiger partial charge in [-0.2, -0.15) is 0 Å². The van der Waals surface area contributed by atoms with E-state index < -0.39 is 8.32 Å². The number of fused-ring (bicyclic) bond motifs is 5. The van der Waals surface area contributed by atoms with Gasteiger partial charge < -0.3 is 14.4 Å². The highest BCUT2D eigenvalue weighted by Crippen LogP contribution is 2.68. The molecule has 1 aromatic carbocycles. The van der Waals surface area contributed by atoms with Gasteiger partial charge in [-0.05, 0) is 147 Å². The van der Waals surface area contributed by atoms with Crippen LogP contribution in [0, 0.1) is 46.3 Å². The van der Waals surface area contributed by atoms with Crippen molar-refractivity contribution in [3.8, 4) is 0 Å². The number of anilines is 1. The summed E-state index contributed by atoms with van der Waals surface area (Å²) in [5, 5.41) is 9.97. The molecule has 0 heterocycles. The Labute approximate surface area is 260 Å². The maximum Gasteiger partial charge on any atom is 0.192 e. The van der Waals surface area contributed by atoms with Gasteiger partial charge in [0.1, 0.15) is 0 Å². The van der Waals surface area contributed by atoms with E-state index in [1.807, 2.05) is 0 Å². The lowest BCUT2D eigenvalue weighted by atomic mass is 9.44. The summed E-state index contributed by atoms with van der Waals surface area (Å²) in [6.07, 6.45) is 15.8. The minimum Gasteiger partial charge on any atom is -0.414 e. The topological polar surface area (TPSA) is 32.7 Å². The van der Waals surface area contributed by atoms with E-state index in [9.17, 15) is 5.11 Å². The third kappa shape index (κ3) is 6.17. The summed E-state index contributed by atoms with van der Waals surface area (Å²) in [6.45, 7) is 22.1. The lowest BCUT2D eigenvalue weighted by Crippen LogP contribution is -2.55. The number of para-hydroxylation sites is 1. The minimum atomic E-state index is -1.71. The summed E-state index contributed by atoms with van der Waals surface area (Å²) in [5.74, 6) is 5.38. The Hall–Kier alpha value is -0.843. The molecule has 4 aliphatic carbocycles. The van der Waals surface area contributed by atoms with Crippen molar-refractivity contribution in [1.29, 1.82) is 0 Å². The largest absolute Gasteiger partial charge is 0.414 e. The van der Waals surface area contributed by atoms with Crippen molar-refractivity contribution in [2.45, 2.75) is 136 Å². The molecule has 0 bridgehead atoms. The van der Waals surface area contributed by atoms with E-state index >= 15 is 0 Å². The highest BCUT2D eigenvalue weighted by atomic mass is 28.4. The Bertz CT molecular complexity index is 1020. The van der Waals surface area contributed by atoms with Crippen molar-refractivity contribution in [1.82, 2.24) is 0 Å². The molecule has 1 aromatic rings. The third-order valence-corrected chi connectivity index (χ3v) is 18.8. The lowest BCUT2D eigenvalue weighted by Gasteiger charge is -2.61. The van der Waals surface area contributed by atoms with Gasteiger partial charge in [0, 0.05) is 24.9 Å². The first-order chi connectivity index (χ1) is 19.8. The second-order valence-corrected chi connectivity index (χ2v) is 22.1. The number of aliphatic hydroxyl groups is 1. The third-order valence-electron chi connectivity index (χ3n) is 14.2. The molecule has 238 valence electrons. The zero-order chi connectivity index (χ0) is 30.3. The maximum absolute atomic E-state index is 9.67. The van der Waals surface area contributed by atoms with E-state index in [0.717, 1.165) is 48.6 Å². The number of nitrogens with zero attached hydrogens (tertiary/aromatic N) is 1. The first kappa shape index (κ1) is 32.5. The molecule has 0 amide bonds. The number of hydrogen-bond acceptors (Lipinski definition) is 3. The van der Waals surface area contributed by atoms with Crippen LogP contribution in [0.1, 0.15) is 112 Å². The number of aliphatic hydroxyl groups excluding tert-OH is 1. The summed E-state index contributed by atoms with van der Waals surface area (Å²) in [6, 6.07) is 10.7. The van der Waals surface area contributed by atoms with Gasteiger partial charge in [-0.25, -0.2) is 0 Å². The zero-order valence-corrected chi connectivity index (χ0v) is 29.6. The normalized spacial score (nSPS) is 37.5. The first-order valence-electron chi connectivity index (χ1n) is 17.9.